The molecule has 0 saturated heterocycles. The Labute approximate surface area is 123 Å². The predicted octanol–water partition coefficient (Wildman–Crippen LogP) is 4.83. The van der Waals surface area contributed by atoms with Crippen LogP contribution in [0.25, 0.3) is 0 Å². The third-order valence-electron chi connectivity index (χ3n) is 2.38. The van der Waals surface area contributed by atoms with Crippen molar-refractivity contribution in [2.45, 2.75) is 16.4 Å². The van der Waals surface area contributed by atoms with Gasteiger partial charge in [-0.1, -0.05) is 18.2 Å². The van der Waals surface area contributed by atoms with E-state index in [1.54, 1.807) is 18.2 Å². The van der Waals surface area contributed by atoms with Crippen molar-refractivity contribution in [3.8, 4) is 0 Å². The summed E-state index contributed by atoms with van der Waals surface area (Å²) in [6.45, 7) is 0. The molecule has 0 bridgehead atoms. The van der Waals surface area contributed by atoms with Gasteiger partial charge in [0, 0.05) is 4.90 Å². The number of alkyl halides is 3. The van der Waals surface area contributed by atoms with E-state index in [0.29, 0.717) is 5.56 Å². The first-order chi connectivity index (χ1) is 8.47. The Balaban J connectivity index is 0.00000180. The van der Waals surface area contributed by atoms with Crippen molar-refractivity contribution < 1.29 is 13.2 Å². The van der Waals surface area contributed by atoms with Gasteiger partial charge in [-0.2, -0.15) is 24.5 Å². The fourth-order valence-corrected chi connectivity index (χ4v) is 2.99. The van der Waals surface area contributed by atoms with Gasteiger partial charge in [-0.25, -0.2) is 0 Å². The van der Waals surface area contributed by atoms with Gasteiger partial charge >= 0.3 is 5.51 Å². The molecule has 104 valence electrons. The smallest absolute Gasteiger partial charge is 0.320 e. The minimum atomic E-state index is -4.30. The van der Waals surface area contributed by atoms with Crippen LogP contribution in [0.3, 0.4) is 0 Å². The number of hydrogen-bond acceptors (Lipinski definition) is 3. The molecule has 1 atom stereocenters. The maximum Gasteiger partial charge on any atom is 0.446 e. The van der Waals surface area contributed by atoms with Crippen LogP contribution in [0.5, 0.6) is 0 Å². The van der Waals surface area contributed by atoms with E-state index in [4.69, 9.17) is 5.73 Å². The highest BCUT2D eigenvalue weighted by Crippen LogP contribution is 2.40. The second-order valence-electron chi connectivity index (χ2n) is 3.62. The van der Waals surface area contributed by atoms with Crippen LogP contribution >= 0.6 is 35.5 Å². The average Bonchev–Trinajstić information content (AvgIpc) is 2.80. The number of hydrogen-bond donors (Lipinski definition) is 1. The average molecular weight is 326 g/mol. The highest BCUT2D eigenvalue weighted by atomic mass is 35.5. The van der Waals surface area contributed by atoms with Gasteiger partial charge in [0.1, 0.15) is 0 Å². The fourth-order valence-electron chi connectivity index (χ4n) is 1.59. The van der Waals surface area contributed by atoms with Gasteiger partial charge < -0.3 is 5.73 Å². The van der Waals surface area contributed by atoms with Crippen LogP contribution in [0, 0.1) is 0 Å². The molecule has 2 N–H and O–H groups in total. The van der Waals surface area contributed by atoms with Gasteiger partial charge in [0.15, 0.2) is 0 Å². The van der Waals surface area contributed by atoms with E-state index in [-0.39, 0.29) is 29.1 Å². The van der Waals surface area contributed by atoms with Crippen LogP contribution in [0.4, 0.5) is 13.2 Å². The van der Waals surface area contributed by atoms with Gasteiger partial charge in [-0.05, 0) is 45.8 Å². The molecule has 2 rings (SSSR count). The molecule has 1 aromatic carbocycles. The first-order valence-corrected chi connectivity index (χ1v) is 6.85. The summed E-state index contributed by atoms with van der Waals surface area (Å²) >= 11 is 1.35. The quantitative estimate of drug-likeness (QED) is 0.818. The van der Waals surface area contributed by atoms with Crippen molar-refractivity contribution >= 4 is 35.5 Å². The lowest BCUT2D eigenvalue weighted by Crippen LogP contribution is -2.13. The van der Waals surface area contributed by atoms with Crippen LogP contribution in [0.1, 0.15) is 17.2 Å². The molecule has 2 aromatic rings. The highest BCUT2D eigenvalue weighted by molar-refractivity contribution is 8.00. The summed E-state index contributed by atoms with van der Waals surface area (Å²) in [6.07, 6.45) is 0. The molecule has 0 spiro atoms. The van der Waals surface area contributed by atoms with Crippen LogP contribution in [-0.2, 0) is 0 Å². The monoisotopic (exact) mass is 325 g/mol. The Morgan fingerprint density at radius 1 is 1.16 bits per heavy atom. The number of nitrogens with two attached hydrogens (primary N) is 1. The summed E-state index contributed by atoms with van der Waals surface area (Å²) in [4.78, 5) is 0.156. The van der Waals surface area contributed by atoms with E-state index >= 15 is 0 Å². The summed E-state index contributed by atoms with van der Waals surface area (Å²) in [5.41, 5.74) is 3.03. The number of benzene rings is 1. The van der Waals surface area contributed by atoms with Gasteiger partial charge in [-0.15, -0.1) is 12.4 Å². The van der Waals surface area contributed by atoms with Crippen LogP contribution in [0.15, 0.2) is 46.0 Å². The summed E-state index contributed by atoms with van der Waals surface area (Å²) in [7, 11) is 0. The van der Waals surface area contributed by atoms with Gasteiger partial charge in [0.25, 0.3) is 0 Å². The molecule has 0 unspecified atom stereocenters. The zero-order chi connectivity index (χ0) is 13.2. The highest BCUT2D eigenvalue weighted by Gasteiger charge is 2.31. The molecule has 0 radical (unpaired) electrons. The van der Waals surface area contributed by atoms with Crippen molar-refractivity contribution in [3.05, 3.63) is 52.2 Å². The molecular formula is C12H11ClF3NS2. The van der Waals surface area contributed by atoms with Gasteiger partial charge in [0.05, 0.1) is 6.04 Å². The second kappa shape index (κ2) is 6.65. The summed E-state index contributed by atoms with van der Waals surface area (Å²) in [5, 5.41) is 3.70. The van der Waals surface area contributed by atoms with Crippen molar-refractivity contribution in [1.29, 1.82) is 0 Å². The molecule has 0 saturated carbocycles. The van der Waals surface area contributed by atoms with E-state index < -0.39 is 11.6 Å². The molecule has 0 aliphatic rings. The van der Waals surface area contributed by atoms with E-state index in [2.05, 4.69) is 0 Å². The Morgan fingerprint density at radius 2 is 1.84 bits per heavy atom. The lowest BCUT2D eigenvalue weighted by molar-refractivity contribution is -0.0328. The number of rotatable bonds is 3. The SMILES string of the molecule is Cl.N[C@H](c1ccsc1)c1ccccc1SC(F)(F)F. The molecule has 1 heterocycles. The van der Waals surface area contributed by atoms with E-state index in [1.807, 2.05) is 16.8 Å². The summed E-state index contributed by atoms with van der Waals surface area (Å²) in [5.74, 6) is 0. The van der Waals surface area contributed by atoms with Crippen LogP contribution in [0.2, 0.25) is 0 Å². The second-order valence-corrected chi connectivity index (χ2v) is 5.51. The molecule has 1 aromatic heterocycles. The van der Waals surface area contributed by atoms with E-state index in [0.717, 1.165) is 5.56 Å². The minimum absolute atomic E-state index is 0. The van der Waals surface area contributed by atoms with E-state index in [1.165, 1.54) is 17.4 Å². The molecule has 0 amide bonds. The van der Waals surface area contributed by atoms with Crippen molar-refractivity contribution in [2.75, 3.05) is 0 Å². The van der Waals surface area contributed by atoms with E-state index in [9.17, 15) is 13.2 Å². The largest absolute Gasteiger partial charge is 0.446 e. The Bertz CT molecular complexity index is 514. The minimum Gasteiger partial charge on any atom is -0.320 e. The topological polar surface area (TPSA) is 26.0 Å². The summed E-state index contributed by atoms with van der Waals surface area (Å²) < 4.78 is 37.4. The zero-order valence-electron chi connectivity index (χ0n) is 9.55. The van der Waals surface area contributed by atoms with Crippen molar-refractivity contribution in [3.63, 3.8) is 0 Å². The predicted molar refractivity (Wildman–Crippen MR) is 76.0 cm³/mol. The zero-order valence-corrected chi connectivity index (χ0v) is 12.0. The molecular weight excluding hydrogens is 315 g/mol. The molecule has 0 aliphatic carbocycles. The third-order valence-corrected chi connectivity index (χ3v) is 3.91. The van der Waals surface area contributed by atoms with Gasteiger partial charge in [-0.3, -0.25) is 0 Å². The maximum atomic E-state index is 12.5. The fraction of sp³-hybridized carbons (Fsp3) is 0.167. The first kappa shape index (κ1) is 16.4. The number of halogens is 4. The maximum absolute atomic E-state index is 12.5. The van der Waals surface area contributed by atoms with Gasteiger partial charge in [0.2, 0.25) is 0 Å². The third kappa shape index (κ3) is 4.42. The number of thioether (sulfide) groups is 1. The normalized spacial score (nSPS) is 12.8. The number of thiophene rings is 1. The Morgan fingerprint density at radius 3 is 2.42 bits per heavy atom. The molecule has 19 heavy (non-hydrogen) atoms. The molecule has 1 nitrogen and oxygen atoms in total. The molecule has 7 heteroatoms. The standard InChI is InChI=1S/C12H10F3NS2.ClH/c13-12(14,15)18-10-4-2-1-3-9(10)11(16)8-5-6-17-7-8;/h1-7,11H,16H2;1H/t11-;/m1./s1. The lowest BCUT2D eigenvalue weighted by atomic mass is 10.0. The van der Waals surface area contributed by atoms with Crippen LogP contribution in [-0.4, -0.2) is 5.51 Å². The first-order valence-electron chi connectivity index (χ1n) is 5.10. The van der Waals surface area contributed by atoms with Crippen LogP contribution < -0.4 is 5.73 Å². The van der Waals surface area contributed by atoms with Crippen molar-refractivity contribution in [1.82, 2.24) is 0 Å². The Kier molecular flexibility index (Phi) is 5.73. The Hall–Kier alpha value is -0.690. The lowest BCUT2D eigenvalue weighted by Gasteiger charge is -2.16. The molecule has 0 fully saturated rings. The van der Waals surface area contributed by atoms with Crippen molar-refractivity contribution in [2.24, 2.45) is 5.73 Å². The molecule has 0 aliphatic heterocycles. The summed E-state index contributed by atoms with van der Waals surface area (Å²) in [6, 6.07) is 7.66.